The van der Waals surface area contributed by atoms with Crippen LogP contribution in [0.4, 0.5) is 5.82 Å². The molecule has 1 aromatic carbocycles. The molecule has 1 aliphatic heterocycles. The SMILES string of the molecule is Cc1nc(NC(=O)[C@H]2Cc3ccccc3CN2)ccc1Br. The van der Waals surface area contributed by atoms with E-state index >= 15 is 0 Å². The molecule has 4 nitrogen and oxygen atoms in total. The molecule has 1 aromatic heterocycles. The molecule has 0 fully saturated rings. The van der Waals surface area contributed by atoms with Crippen molar-refractivity contribution in [3.8, 4) is 0 Å². The number of benzene rings is 1. The number of fused-ring (bicyclic) bond motifs is 1. The van der Waals surface area contributed by atoms with Crippen LogP contribution < -0.4 is 10.6 Å². The highest BCUT2D eigenvalue weighted by Crippen LogP contribution is 2.19. The maximum Gasteiger partial charge on any atom is 0.243 e. The van der Waals surface area contributed by atoms with Gasteiger partial charge in [0.15, 0.2) is 0 Å². The van der Waals surface area contributed by atoms with Crippen molar-refractivity contribution in [1.29, 1.82) is 0 Å². The highest BCUT2D eigenvalue weighted by molar-refractivity contribution is 9.10. The maximum atomic E-state index is 12.3. The van der Waals surface area contributed by atoms with E-state index in [9.17, 15) is 4.79 Å². The number of rotatable bonds is 2. The number of hydrogen-bond acceptors (Lipinski definition) is 3. The zero-order valence-electron chi connectivity index (χ0n) is 11.7. The smallest absolute Gasteiger partial charge is 0.243 e. The molecule has 0 spiro atoms. The number of amides is 1. The number of hydrogen-bond donors (Lipinski definition) is 2. The molecule has 0 saturated heterocycles. The summed E-state index contributed by atoms with van der Waals surface area (Å²) < 4.78 is 0.935. The summed E-state index contributed by atoms with van der Waals surface area (Å²) in [5.74, 6) is 0.542. The molecule has 1 aliphatic rings. The van der Waals surface area contributed by atoms with Gasteiger partial charge in [-0.1, -0.05) is 24.3 Å². The number of halogens is 1. The molecular formula is C16H16BrN3O. The summed E-state index contributed by atoms with van der Waals surface area (Å²) >= 11 is 3.40. The lowest BCUT2D eigenvalue weighted by molar-refractivity contribution is -0.118. The van der Waals surface area contributed by atoms with Gasteiger partial charge in [-0.15, -0.1) is 0 Å². The van der Waals surface area contributed by atoms with E-state index in [0.717, 1.165) is 16.7 Å². The first-order valence-electron chi connectivity index (χ1n) is 6.87. The summed E-state index contributed by atoms with van der Waals surface area (Å²) in [4.78, 5) is 16.7. The largest absolute Gasteiger partial charge is 0.309 e. The van der Waals surface area contributed by atoms with E-state index in [1.54, 1.807) is 6.07 Å². The topological polar surface area (TPSA) is 54.0 Å². The lowest BCUT2D eigenvalue weighted by Crippen LogP contribution is -2.44. The molecule has 0 saturated carbocycles. The Morgan fingerprint density at radius 1 is 1.29 bits per heavy atom. The zero-order valence-corrected chi connectivity index (χ0v) is 13.3. The fourth-order valence-electron chi connectivity index (χ4n) is 2.47. The zero-order chi connectivity index (χ0) is 14.8. The molecule has 1 amide bonds. The predicted octanol–water partition coefficient (Wildman–Crippen LogP) is 2.81. The molecule has 0 unspecified atom stereocenters. The van der Waals surface area contributed by atoms with Crippen LogP contribution in [0.1, 0.15) is 16.8 Å². The lowest BCUT2D eigenvalue weighted by atomic mass is 9.95. The Morgan fingerprint density at radius 2 is 2.05 bits per heavy atom. The van der Waals surface area contributed by atoms with Crippen LogP contribution in [-0.4, -0.2) is 16.9 Å². The van der Waals surface area contributed by atoms with Crippen LogP contribution in [0.25, 0.3) is 0 Å². The van der Waals surface area contributed by atoms with E-state index in [0.29, 0.717) is 12.2 Å². The summed E-state index contributed by atoms with van der Waals surface area (Å²) in [6, 6.07) is 11.7. The van der Waals surface area contributed by atoms with E-state index < -0.39 is 0 Å². The molecule has 108 valence electrons. The minimum Gasteiger partial charge on any atom is -0.309 e. The van der Waals surface area contributed by atoms with Gasteiger partial charge in [0.1, 0.15) is 5.82 Å². The minimum absolute atomic E-state index is 0.0428. The number of nitrogens with one attached hydrogen (secondary N) is 2. The van der Waals surface area contributed by atoms with Crippen molar-refractivity contribution in [2.45, 2.75) is 25.9 Å². The molecule has 2 aromatic rings. The van der Waals surface area contributed by atoms with Crippen LogP contribution in [0.2, 0.25) is 0 Å². The third-order valence-electron chi connectivity index (χ3n) is 3.67. The molecule has 3 rings (SSSR count). The van der Waals surface area contributed by atoms with E-state index in [2.05, 4.69) is 43.7 Å². The number of nitrogens with zero attached hydrogens (tertiary/aromatic N) is 1. The maximum absolute atomic E-state index is 12.3. The van der Waals surface area contributed by atoms with Crippen LogP contribution in [-0.2, 0) is 17.8 Å². The molecule has 0 radical (unpaired) electrons. The number of aryl methyl sites for hydroxylation is 1. The molecule has 2 N–H and O–H groups in total. The molecule has 5 heteroatoms. The lowest BCUT2D eigenvalue weighted by Gasteiger charge is -2.25. The first-order valence-corrected chi connectivity index (χ1v) is 7.67. The molecule has 0 bridgehead atoms. The Bertz CT molecular complexity index is 687. The van der Waals surface area contributed by atoms with Crippen molar-refractivity contribution in [2.24, 2.45) is 0 Å². The van der Waals surface area contributed by atoms with Gasteiger partial charge in [-0.05, 0) is 52.5 Å². The second-order valence-electron chi connectivity index (χ2n) is 5.16. The Morgan fingerprint density at radius 3 is 2.81 bits per heavy atom. The summed E-state index contributed by atoms with van der Waals surface area (Å²) in [5, 5.41) is 6.15. The normalized spacial score (nSPS) is 17.1. The van der Waals surface area contributed by atoms with Crippen molar-refractivity contribution in [1.82, 2.24) is 10.3 Å². The molecule has 21 heavy (non-hydrogen) atoms. The highest BCUT2D eigenvalue weighted by atomic mass is 79.9. The fourth-order valence-corrected chi connectivity index (χ4v) is 2.69. The number of anilines is 1. The third kappa shape index (κ3) is 3.14. The molecule has 0 aliphatic carbocycles. The van der Waals surface area contributed by atoms with Crippen molar-refractivity contribution >= 4 is 27.7 Å². The Balaban J connectivity index is 1.70. The van der Waals surface area contributed by atoms with Gasteiger partial charge < -0.3 is 10.6 Å². The fraction of sp³-hybridized carbons (Fsp3) is 0.250. The third-order valence-corrected chi connectivity index (χ3v) is 4.51. The van der Waals surface area contributed by atoms with Crippen molar-refractivity contribution in [3.05, 3.63) is 57.7 Å². The van der Waals surface area contributed by atoms with Gasteiger partial charge in [-0.3, -0.25) is 4.79 Å². The summed E-state index contributed by atoms with van der Waals surface area (Å²) in [6.07, 6.45) is 0.706. The van der Waals surface area contributed by atoms with Crippen LogP contribution in [0.5, 0.6) is 0 Å². The van der Waals surface area contributed by atoms with E-state index in [1.165, 1.54) is 11.1 Å². The Kier molecular flexibility index (Phi) is 4.03. The minimum atomic E-state index is -0.217. The summed E-state index contributed by atoms with van der Waals surface area (Å²) in [6.45, 7) is 2.62. The molecular weight excluding hydrogens is 330 g/mol. The second kappa shape index (κ2) is 5.95. The van der Waals surface area contributed by atoms with Crippen LogP contribution in [0.15, 0.2) is 40.9 Å². The van der Waals surface area contributed by atoms with Crippen LogP contribution >= 0.6 is 15.9 Å². The average molecular weight is 346 g/mol. The van der Waals surface area contributed by atoms with Gasteiger partial charge in [0.2, 0.25) is 5.91 Å². The van der Waals surface area contributed by atoms with Crippen molar-refractivity contribution in [3.63, 3.8) is 0 Å². The first-order chi connectivity index (χ1) is 10.1. The predicted molar refractivity (Wildman–Crippen MR) is 86.1 cm³/mol. The number of pyridine rings is 1. The molecule has 2 heterocycles. The number of carbonyl (C=O) groups is 1. The quantitative estimate of drug-likeness (QED) is 0.879. The summed E-state index contributed by atoms with van der Waals surface area (Å²) in [5.41, 5.74) is 3.35. The standard InChI is InChI=1S/C16H16BrN3O/c1-10-13(17)6-7-15(19-10)20-16(21)14-8-11-4-2-3-5-12(11)9-18-14/h2-7,14,18H,8-9H2,1H3,(H,19,20,21)/t14-/m1/s1. The van der Waals surface area contributed by atoms with E-state index in [-0.39, 0.29) is 11.9 Å². The van der Waals surface area contributed by atoms with Gasteiger partial charge >= 0.3 is 0 Å². The summed E-state index contributed by atoms with van der Waals surface area (Å²) in [7, 11) is 0. The Labute approximate surface area is 132 Å². The number of aromatic nitrogens is 1. The van der Waals surface area contributed by atoms with E-state index in [1.807, 2.05) is 25.1 Å². The highest BCUT2D eigenvalue weighted by Gasteiger charge is 2.24. The number of carbonyl (C=O) groups excluding carboxylic acids is 1. The Hall–Kier alpha value is -1.72. The van der Waals surface area contributed by atoms with Crippen LogP contribution in [0.3, 0.4) is 0 Å². The van der Waals surface area contributed by atoms with Gasteiger partial charge in [-0.2, -0.15) is 0 Å². The van der Waals surface area contributed by atoms with E-state index in [4.69, 9.17) is 0 Å². The average Bonchev–Trinajstić information content (AvgIpc) is 2.50. The van der Waals surface area contributed by atoms with Crippen molar-refractivity contribution in [2.75, 3.05) is 5.32 Å². The molecule has 1 atom stereocenters. The first kappa shape index (κ1) is 14.2. The van der Waals surface area contributed by atoms with Gasteiger partial charge in [-0.25, -0.2) is 4.98 Å². The van der Waals surface area contributed by atoms with Crippen LogP contribution in [0, 0.1) is 6.92 Å². The monoisotopic (exact) mass is 345 g/mol. The second-order valence-corrected chi connectivity index (χ2v) is 6.01. The van der Waals surface area contributed by atoms with Gasteiger partial charge in [0.05, 0.1) is 11.7 Å². The van der Waals surface area contributed by atoms with Gasteiger partial charge in [0.25, 0.3) is 0 Å². The van der Waals surface area contributed by atoms with Crippen molar-refractivity contribution < 1.29 is 4.79 Å². The van der Waals surface area contributed by atoms with Gasteiger partial charge in [0, 0.05) is 11.0 Å².